The van der Waals surface area contributed by atoms with Crippen LogP contribution >= 0.6 is 0 Å². The van der Waals surface area contributed by atoms with Crippen LogP contribution < -0.4 is 0 Å². The van der Waals surface area contributed by atoms with Crippen LogP contribution in [-0.4, -0.2) is 36.2 Å². The van der Waals surface area contributed by atoms with Crippen LogP contribution in [0.4, 0.5) is 0 Å². The van der Waals surface area contributed by atoms with Gasteiger partial charge in [-0.25, -0.2) is 0 Å². The van der Waals surface area contributed by atoms with Crippen molar-refractivity contribution in [2.45, 2.75) is 37.1 Å². The van der Waals surface area contributed by atoms with Crippen molar-refractivity contribution in [2.75, 3.05) is 7.05 Å². The van der Waals surface area contributed by atoms with Gasteiger partial charge < -0.3 is 4.74 Å². The molecule has 0 N–H and O–H groups in total. The van der Waals surface area contributed by atoms with Crippen molar-refractivity contribution >= 4 is 0 Å². The van der Waals surface area contributed by atoms with Gasteiger partial charge in [-0.3, -0.25) is 4.90 Å². The van der Waals surface area contributed by atoms with Gasteiger partial charge in [-0.05, 0) is 26.3 Å². The molecular formula is C8H12NO. The molecule has 3 heterocycles. The van der Waals surface area contributed by atoms with Gasteiger partial charge in [0.05, 0.1) is 0 Å². The van der Waals surface area contributed by atoms with E-state index in [9.17, 15) is 0 Å². The predicted molar refractivity (Wildman–Crippen MR) is 37.5 cm³/mol. The average Bonchev–Trinajstić information content (AvgIpc) is 2.59. The van der Waals surface area contributed by atoms with Gasteiger partial charge in [-0.1, -0.05) is 0 Å². The smallest absolute Gasteiger partial charge is 0.101 e. The molecule has 1 radical (unpaired) electrons. The molecule has 10 heavy (non-hydrogen) atoms. The number of likely N-dealkylation sites (N-methyl/N-ethyl adjacent to an activating group) is 1. The fourth-order valence-electron chi connectivity index (χ4n) is 2.50. The highest BCUT2D eigenvalue weighted by atomic mass is 16.6. The molecule has 2 bridgehead atoms. The molecule has 55 valence electrons. The fourth-order valence-corrected chi connectivity index (χ4v) is 2.50. The Labute approximate surface area is 61.1 Å². The Morgan fingerprint density at radius 1 is 1.30 bits per heavy atom. The topological polar surface area (TPSA) is 15.8 Å². The number of epoxide rings is 1. The van der Waals surface area contributed by atoms with E-state index in [0.29, 0.717) is 12.2 Å². The van der Waals surface area contributed by atoms with Crippen LogP contribution in [0.1, 0.15) is 12.8 Å². The Bertz CT molecular complexity index is 155. The van der Waals surface area contributed by atoms with Crippen molar-refractivity contribution in [1.29, 1.82) is 0 Å². The molecule has 3 aliphatic heterocycles. The maximum Gasteiger partial charge on any atom is 0.101 e. The largest absolute Gasteiger partial charge is 0.366 e. The van der Waals surface area contributed by atoms with Gasteiger partial charge in [0.2, 0.25) is 0 Å². The van der Waals surface area contributed by atoms with E-state index in [1.807, 2.05) is 0 Å². The highest BCUT2D eigenvalue weighted by Crippen LogP contribution is 2.46. The van der Waals surface area contributed by atoms with Gasteiger partial charge in [-0.15, -0.1) is 0 Å². The van der Waals surface area contributed by atoms with E-state index in [2.05, 4.69) is 18.4 Å². The van der Waals surface area contributed by atoms with Gasteiger partial charge >= 0.3 is 0 Å². The Morgan fingerprint density at radius 3 is 2.40 bits per heavy atom. The number of ether oxygens (including phenoxy) is 1. The monoisotopic (exact) mass is 138 g/mol. The molecule has 4 atom stereocenters. The first-order valence-corrected chi connectivity index (χ1v) is 4.07. The molecule has 3 saturated heterocycles. The molecule has 0 saturated carbocycles. The van der Waals surface area contributed by atoms with Gasteiger partial charge in [0.25, 0.3) is 0 Å². The van der Waals surface area contributed by atoms with E-state index in [0.717, 1.165) is 12.1 Å². The van der Waals surface area contributed by atoms with Crippen LogP contribution in [-0.2, 0) is 4.74 Å². The second-order valence-electron chi connectivity index (χ2n) is 3.63. The SMILES string of the molecule is CN1C2C[CH]CC1C1OC12. The summed E-state index contributed by atoms with van der Waals surface area (Å²) in [7, 11) is 2.23. The summed E-state index contributed by atoms with van der Waals surface area (Å²) in [6, 6.07) is 1.45. The lowest BCUT2D eigenvalue weighted by atomic mass is 10.0. The first kappa shape index (κ1) is 5.56. The molecule has 4 unspecified atom stereocenters. The first-order chi connectivity index (χ1) is 4.88. The van der Waals surface area contributed by atoms with Crippen LogP contribution in [0.5, 0.6) is 0 Å². The number of hydrogen-bond donors (Lipinski definition) is 0. The molecule has 0 aliphatic carbocycles. The molecule has 0 aromatic heterocycles. The van der Waals surface area contributed by atoms with E-state index in [-0.39, 0.29) is 0 Å². The number of fused-ring (bicyclic) bond motifs is 5. The van der Waals surface area contributed by atoms with Gasteiger partial charge in [0.15, 0.2) is 0 Å². The molecule has 3 rings (SSSR count). The summed E-state index contributed by atoms with van der Waals surface area (Å²) in [6.07, 6.45) is 6.12. The minimum Gasteiger partial charge on any atom is -0.366 e. The molecule has 0 spiro atoms. The lowest BCUT2D eigenvalue weighted by molar-refractivity contribution is 0.0936. The lowest BCUT2D eigenvalue weighted by Crippen LogP contribution is -2.41. The highest BCUT2D eigenvalue weighted by molar-refractivity contribution is 5.15. The Hall–Kier alpha value is -0.0800. The maximum absolute atomic E-state index is 5.53. The second kappa shape index (κ2) is 1.56. The average molecular weight is 138 g/mol. The predicted octanol–water partition coefficient (Wildman–Crippen LogP) is 0.434. The minimum atomic E-state index is 0.605. The summed E-state index contributed by atoms with van der Waals surface area (Å²) in [5.74, 6) is 0. The maximum atomic E-state index is 5.53. The highest BCUT2D eigenvalue weighted by Gasteiger charge is 2.60. The molecule has 3 aliphatic rings. The first-order valence-electron chi connectivity index (χ1n) is 4.07. The molecule has 0 aromatic carbocycles. The van der Waals surface area contributed by atoms with Crippen molar-refractivity contribution in [3.05, 3.63) is 6.42 Å². The van der Waals surface area contributed by atoms with Crippen LogP contribution in [0.15, 0.2) is 0 Å². The summed E-state index contributed by atoms with van der Waals surface area (Å²) in [6.45, 7) is 0. The summed E-state index contributed by atoms with van der Waals surface area (Å²) < 4.78 is 5.53. The van der Waals surface area contributed by atoms with E-state index in [4.69, 9.17) is 4.74 Å². The molecule has 2 heteroatoms. The summed E-state index contributed by atoms with van der Waals surface area (Å²) in [4.78, 5) is 2.50. The number of nitrogens with zero attached hydrogens (tertiary/aromatic N) is 1. The number of hydrogen-bond acceptors (Lipinski definition) is 2. The normalized spacial score (nSPS) is 58.5. The Morgan fingerprint density at radius 2 is 1.90 bits per heavy atom. The van der Waals surface area contributed by atoms with Crippen molar-refractivity contribution in [1.82, 2.24) is 4.90 Å². The van der Waals surface area contributed by atoms with E-state index in [1.54, 1.807) is 0 Å². The lowest BCUT2D eigenvalue weighted by Gasteiger charge is -2.33. The van der Waals surface area contributed by atoms with Crippen molar-refractivity contribution in [3.8, 4) is 0 Å². The third-order valence-corrected chi connectivity index (χ3v) is 3.18. The zero-order chi connectivity index (χ0) is 6.72. The quantitative estimate of drug-likeness (QED) is 0.451. The van der Waals surface area contributed by atoms with Gasteiger partial charge in [0, 0.05) is 12.1 Å². The van der Waals surface area contributed by atoms with Crippen molar-refractivity contribution < 1.29 is 4.74 Å². The number of morpholine rings is 1. The zero-order valence-electron chi connectivity index (χ0n) is 6.16. The van der Waals surface area contributed by atoms with Crippen LogP contribution in [0.2, 0.25) is 0 Å². The standard InChI is InChI=1S/C8H12NO/c1-9-5-3-2-4-6(9)8-7(5)10-8/h2,5-8H,3-4H2,1H3. The summed E-state index contributed by atoms with van der Waals surface area (Å²) >= 11 is 0. The van der Waals surface area contributed by atoms with Gasteiger partial charge in [0.1, 0.15) is 12.2 Å². The third-order valence-electron chi connectivity index (χ3n) is 3.18. The van der Waals surface area contributed by atoms with E-state index < -0.39 is 0 Å². The van der Waals surface area contributed by atoms with Crippen LogP contribution in [0, 0.1) is 6.42 Å². The number of rotatable bonds is 0. The summed E-state index contributed by atoms with van der Waals surface area (Å²) in [5, 5.41) is 0. The Balaban J connectivity index is 1.94. The van der Waals surface area contributed by atoms with Crippen LogP contribution in [0.3, 0.4) is 0 Å². The van der Waals surface area contributed by atoms with E-state index in [1.165, 1.54) is 12.8 Å². The van der Waals surface area contributed by atoms with Crippen molar-refractivity contribution in [2.24, 2.45) is 0 Å². The molecule has 2 nitrogen and oxygen atoms in total. The van der Waals surface area contributed by atoms with Crippen molar-refractivity contribution in [3.63, 3.8) is 0 Å². The third kappa shape index (κ3) is 0.487. The molecule has 3 fully saturated rings. The second-order valence-corrected chi connectivity index (χ2v) is 3.63. The number of piperidine rings is 1. The molecule has 0 aromatic rings. The fraction of sp³-hybridized carbons (Fsp3) is 0.875. The molecular weight excluding hydrogens is 126 g/mol. The van der Waals surface area contributed by atoms with Gasteiger partial charge in [-0.2, -0.15) is 0 Å². The Kier molecular flexibility index (Phi) is 0.868. The zero-order valence-corrected chi connectivity index (χ0v) is 6.16. The minimum absolute atomic E-state index is 0.605. The van der Waals surface area contributed by atoms with E-state index >= 15 is 0 Å². The van der Waals surface area contributed by atoms with Crippen LogP contribution in [0.25, 0.3) is 0 Å². The summed E-state index contributed by atoms with van der Waals surface area (Å²) in [5.41, 5.74) is 0. The molecule has 0 amide bonds.